The Labute approximate surface area is 165 Å². The van der Waals surface area contributed by atoms with Gasteiger partial charge in [0.25, 0.3) is 0 Å². The fraction of sp³-hybridized carbons (Fsp3) is 0.611. The van der Waals surface area contributed by atoms with Crippen LogP contribution in [0.25, 0.3) is 0 Å². The summed E-state index contributed by atoms with van der Waals surface area (Å²) in [6.07, 6.45) is 4.46. The molecular weight excluding hydrogens is 390 g/mol. The molecule has 9 heteroatoms. The second-order valence-electron chi connectivity index (χ2n) is 7.09. The first-order valence-corrected chi connectivity index (χ1v) is 11.5. The first-order valence-electron chi connectivity index (χ1n) is 9.24. The number of likely N-dealkylation sites (tertiary alicyclic amines) is 1. The van der Waals surface area contributed by atoms with Gasteiger partial charge in [-0.2, -0.15) is 0 Å². The van der Waals surface area contributed by atoms with E-state index in [9.17, 15) is 13.2 Å². The van der Waals surface area contributed by atoms with Gasteiger partial charge in [-0.15, -0.1) is 0 Å². The summed E-state index contributed by atoms with van der Waals surface area (Å²) in [7, 11) is -3.11. The van der Waals surface area contributed by atoms with Crippen molar-refractivity contribution in [1.82, 2.24) is 9.21 Å². The van der Waals surface area contributed by atoms with Gasteiger partial charge in [-0.3, -0.25) is 0 Å². The van der Waals surface area contributed by atoms with E-state index < -0.39 is 10.0 Å². The van der Waals surface area contributed by atoms with Crippen molar-refractivity contribution in [3.63, 3.8) is 0 Å². The zero-order valence-electron chi connectivity index (χ0n) is 15.4. The molecule has 0 atom stereocenters. The number of sulfonamides is 1. The number of anilines is 1. The number of nitrogens with one attached hydrogen (secondary N) is 1. The summed E-state index contributed by atoms with van der Waals surface area (Å²) in [6.45, 7) is 2.29. The zero-order valence-corrected chi connectivity index (χ0v) is 17.0. The number of carbonyl (C=O) groups excluding carboxylic acids is 1. The molecule has 0 bridgehead atoms. The smallest absolute Gasteiger partial charge is 0.321 e. The number of halogens is 1. The van der Waals surface area contributed by atoms with E-state index in [0.29, 0.717) is 36.9 Å². The fourth-order valence-electron chi connectivity index (χ4n) is 3.52. The Morgan fingerprint density at radius 2 is 1.63 bits per heavy atom. The van der Waals surface area contributed by atoms with Gasteiger partial charge in [-0.25, -0.2) is 17.5 Å². The molecule has 2 amide bonds. The van der Waals surface area contributed by atoms with E-state index in [1.165, 1.54) is 10.6 Å². The molecule has 0 saturated carbocycles. The van der Waals surface area contributed by atoms with E-state index in [1.54, 1.807) is 17.0 Å². The molecule has 2 aliphatic heterocycles. The normalized spacial score (nSPS) is 20.6. The molecule has 0 radical (unpaired) electrons. The molecule has 2 heterocycles. The number of piperidine rings is 2. The van der Waals surface area contributed by atoms with Crippen LogP contribution in [0.15, 0.2) is 24.3 Å². The number of ether oxygens (including phenoxy) is 1. The molecule has 7 nitrogen and oxygen atoms in total. The van der Waals surface area contributed by atoms with Crippen molar-refractivity contribution in [2.24, 2.45) is 0 Å². The van der Waals surface area contributed by atoms with E-state index in [0.717, 1.165) is 25.7 Å². The third-order valence-corrected chi connectivity index (χ3v) is 6.73. The molecule has 2 aliphatic rings. The van der Waals surface area contributed by atoms with Crippen LogP contribution in [0.5, 0.6) is 0 Å². The highest BCUT2D eigenvalue weighted by Gasteiger charge is 2.29. The summed E-state index contributed by atoms with van der Waals surface area (Å²) in [4.78, 5) is 14.2. The first kappa shape index (κ1) is 20.4. The quantitative estimate of drug-likeness (QED) is 0.820. The maximum absolute atomic E-state index is 12.4. The highest BCUT2D eigenvalue weighted by Crippen LogP contribution is 2.24. The van der Waals surface area contributed by atoms with Crippen LogP contribution < -0.4 is 5.32 Å². The van der Waals surface area contributed by atoms with Gasteiger partial charge in [-0.1, -0.05) is 23.7 Å². The Hall–Kier alpha value is -1.35. The van der Waals surface area contributed by atoms with Crippen LogP contribution in [0.3, 0.4) is 0 Å². The van der Waals surface area contributed by atoms with Gasteiger partial charge >= 0.3 is 6.03 Å². The maximum Gasteiger partial charge on any atom is 0.321 e. The minimum Gasteiger partial charge on any atom is -0.375 e. The molecule has 27 heavy (non-hydrogen) atoms. The summed E-state index contributed by atoms with van der Waals surface area (Å²) in [6, 6.07) is 7.02. The predicted molar refractivity (Wildman–Crippen MR) is 106 cm³/mol. The van der Waals surface area contributed by atoms with Crippen LogP contribution in [0.4, 0.5) is 10.5 Å². The van der Waals surface area contributed by atoms with Crippen molar-refractivity contribution in [1.29, 1.82) is 0 Å². The number of nitrogens with zero attached hydrogens (tertiary/aromatic N) is 2. The summed E-state index contributed by atoms with van der Waals surface area (Å²) in [5.74, 6) is 0. The maximum atomic E-state index is 12.4. The van der Waals surface area contributed by atoms with Crippen molar-refractivity contribution in [2.45, 2.75) is 37.9 Å². The van der Waals surface area contributed by atoms with Gasteiger partial charge in [0.15, 0.2) is 0 Å². The van der Waals surface area contributed by atoms with Crippen LogP contribution >= 0.6 is 11.6 Å². The number of hydrogen-bond acceptors (Lipinski definition) is 4. The number of urea groups is 1. The number of amides is 2. The third-order valence-electron chi connectivity index (χ3n) is 5.10. The van der Waals surface area contributed by atoms with E-state index in [-0.39, 0.29) is 18.2 Å². The number of rotatable bonds is 4. The lowest BCUT2D eigenvalue weighted by atomic mass is 10.1. The van der Waals surface area contributed by atoms with E-state index in [2.05, 4.69) is 5.32 Å². The number of carbonyl (C=O) groups is 1. The van der Waals surface area contributed by atoms with Crippen LogP contribution in [0.1, 0.15) is 25.7 Å². The summed E-state index contributed by atoms with van der Waals surface area (Å²) < 4.78 is 30.8. The Morgan fingerprint density at radius 1 is 1.07 bits per heavy atom. The SMILES string of the molecule is CS(=O)(=O)N1CCC(OC2CCN(C(=O)Nc3ccccc3Cl)CC2)CC1. The van der Waals surface area contributed by atoms with Crippen molar-refractivity contribution in [2.75, 3.05) is 37.8 Å². The van der Waals surface area contributed by atoms with E-state index >= 15 is 0 Å². The van der Waals surface area contributed by atoms with Gasteiger partial charge < -0.3 is 15.0 Å². The molecule has 150 valence electrons. The standard InChI is InChI=1S/C18H26ClN3O4S/c1-27(24,25)22-12-8-15(9-13-22)26-14-6-10-21(11-7-14)18(23)20-17-5-3-2-4-16(17)19/h2-5,14-15H,6-13H2,1H3,(H,20,23). The Bertz CT molecular complexity index is 758. The van der Waals surface area contributed by atoms with E-state index in [1.807, 2.05) is 12.1 Å². The summed E-state index contributed by atoms with van der Waals surface area (Å²) in [5.41, 5.74) is 0.611. The molecule has 0 aliphatic carbocycles. The Kier molecular flexibility index (Phi) is 6.62. The number of para-hydroxylation sites is 1. The fourth-order valence-corrected chi connectivity index (χ4v) is 4.58. The lowest BCUT2D eigenvalue weighted by Gasteiger charge is -2.36. The van der Waals surface area contributed by atoms with Gasteiger partial charge in [0.05, 0.1) is 29.2 Å². The number of benzene rings is 1. The third kappa shape index (κ3) is 5.57. The first-order chi connectivity index (χ1) is 12.8. The average Bonchev–Trinajstić information content (AvgIpc) is 2.64. The molecule has 3 rings (SSSR count). The molecule has 0 unspecified atom stereocenters. The molecule has 0 spiro atoms. The molecular formula is C18H26ClN3O4S. The van der Waals surface area contributed by atoms with Crippen molar-refractivity contribution in [3.8, 4) is 0 Å². The predicted octanol–water partition coefficient (Wildman–Crippen LogP) is 2.78. The molecule has 2 fully saturated rings. The summed E-state index contributed by atoms with van der Waals surface area (Å²) >= 11 is 6.08. The molecule has 1 aromatic rings. The Balaban J connectivity index is 1.42. The monoisotopic (exact) mass is 415 g/mol. The van der Waals surface area contributed by atoms with Crippen molar-refractivity contribution in [3.05, 3.63) is 29.3 Å². The van der Waals surface area contributed by atoms with Crippen LogP contribution in [-0.2, 0) is 14.8 Å². The highest BCUT2D eigenvalue weighted by molar-refractivity contribution is 7.88. The minimum absolute atomic E-state index is 0.0940. The zero-order chi connectivity index (χ0) is 19.4. The van der Waals surface area contributed by atoms with Gasteiger partial charge in [0.1, 0.15) is 0 Å². The molecule has 2 saturated heterocycles. The van der Waals surface area contributed by atoms with Gasteiger partial charge in [0, 0.05) is 26.2 Å². The largest absolute Gasteiger partial charge is 0.375 e. The van der Waals surface area contributed by atoms with Crippen LogP contribution in [0, 0.1) is 0 Å². The average molecular weight is 416 g/mol. The summed E-state index contributed by atoms with van der Waals surface area (Å²) in [5, 5.41) is 3.36. The van der Waals surface area contributed by atoms with Crippen molar-refractivity contribution >= 4 is 33.3 Å². The van der Waals surface area contributed by atoms with Gasteiger partial charge in [-0.05, 0) is 37.8 Å². The van der Waals surface area contributed by atoms with E-state index in [4.69, 9.17) is 16.3 Å². The van der Waals surface area contributed by atoms with Crippen LogP contribution in [-0.4, -0.2) is 68.3 Å². The molecule has 1 N–H and O–H groups in total. The van der Waals surface area contributed by atoms with Crippen LogP contribution in [0.2, 0.25) is 5.02 Å². The molecule has 1 aromatic carbocycles. The number of hydrogen-bond donors (Lipinski definition) is 1. The van der Waals surface area contributed by atoms with Gasteiger partial charge in [0.2, 0.25) is 10.0 Å². The highest BCUT2D eigenvalue weighted by atomic mass is 35.5. The lowest BCUT2D eigenvalue weighted by molar-refractivity contribution is -0.0542. The second kappa shape index (κ2) is 8.77. The minimum atomic E-state index is -3.11. The Morgan fingerprint density at radius 3 is 2.19 bits per heavy atom. The lowest BCUT2D eigenvalue weighted by Crippen LogP contribution is -2.45. The van der Waals surface area contributed by atoms with Crippen molar-refractivity contribution < 1.29 is 17.9 Å². The second-order valence-corrected chi connectivity index (χ2v) is 9.48. The molecule has 0 aromatic heterocycles. The topological polar surface area (TPSA) is 79.0 Å².